The lowest BCUT2D eigenvalue weighted by molar-refractivity contribution is 0.174. The van der Waals surface area contributed by atoms with Crippen molar-refractivity contribution in [2.75, 3.05) is 6.79 Å². The quantitative estimate of drug-likeness (QED) is 0.367. The molecular weight excluding hydrogens is 380 g/mol. The van der Waals surface area contributed by atoms with Gasteiger partial charge in [-0.25, -0.2) is 4.98 Å². The van der Waals surface area contributed by atoms with Crippen LogP contribution in [-0.2, 0) is 25.1 Å². The lowest BCUT2D eigenvalue weighted by Crippen LogP contribution is -2.22. The number of benzene rings is 1. The van der Waals surface area contributed by atoms with E-state index in [0.29, 0.717) is 12.3 Å². The summed E-state index contributed by atoms with van der Waals surface area (Å²) in [7, 11) is 0. The van der Waals surface area contributed by atoms with Crippen LogP contribution in [0.4, 0.5) is 0 Å². The van der Waals surface area contributed by atoms with E-state index in [1.54, 1.807) is 33.7 Å². The number of hydrogen-bond acceptors (Lipinski definition) is 6. The van der Waals surface area contributed by atoms with Gasteiger partial charge in [0.2, 0.25) is 6.79 Å². The summed E-state index contributed by atoms with van der Waals surface area (Å²) in [5.74, 6) is 2.26. The highest BCUT2D eigenvalue weighted by Crippen LogP contribution is 2.37. The van der Waals surface area contributed by atoms with Crippen LogP contribution in [0.5, 0.6) is 11.5 Å². The molecule has 138 valence electrons. The first kappa shape index (κ1) is 16.9. The van der Waals surface area contributed by atoms with E-state index in [1.807, 2.05) is 18.2 Å². The molecule has 2 aliphatic rings. The zero-order chi connectivity index (χ0) is 18.4. The first-order chi connectivity index (χ1) is 13.2. The van der Waals surface area contributed by atoms with Crippen molar-refractivity contribution in [1.29, 1.82) is 0 Å². The molecule has 7 heteroatoms. The summed E-state index contributed by atoms with van der Waals surface area (Å²) in [6, 6.07) is 5.94. The molecule has 0 spiro atoms. The van der Waals surface area contributed by atoms with Gasteiger partial charge in [-0.15, -0.1) is 17.9 Å². The van der Waals surface area contributed by atoms with Gasteiger partial charge in [0.05, 0.1) is 5.39 Å². The first-order valence-electron chi connectivity index (χ1n) is 8.92. The predicted molar refractivity (Wildman–Crippen MR) is 108 cm³/mol. The van der Waals surface area contributed by atoms with Crippen LogP contribution in [0.15, 0.2) is 40.8 Å². The van der Waals surface area contributed by atoms with Gasteiger partial charge in [-0.1, -0.05) is 23.9 Å². The van der Waals surface area contributed by atoms with Gasteiger partial charge in [0.25, 0.3) is 5.56 Å². The highest BCUT2D eigenvalue weighted by Gasteiger charge is 2.23. The third-order valence-corrected chi connectivity index (χ3v) is 7.14. The molecule has 0 bridgehead atoms. The van der Waals surface area contributed by atoms with Crippen LogP contribution in [0.2, 0.25) is 0 Å². The van der Waals surface area contributed by atoms with Gasteiger partial charge < -0.3 is 9.47 Å². The van der Waals surface area contributed by atoms with Gasteiger partial charge in [0, 0.05) is 17.2 Å². The molecule has 0 saturated carbocycles. The van der Waals surface area contributed by atoms with Crippen molar-refractivity contribution in [2.45, 2.75) is 36.7 Å². The molecule has 0 amide bonds. The smallest absolute Gasteiger partial charge is 0.263 e. The van der Waals surface area contributed by atoms with Crippen LogP contribution in [0.1, 0.15) is 22.4 Å². The monoisotopic (exact) mass is 398 g/mol. The molecule has 0 atom stereocenters. The lowest BCUT2D eigenvalue weighted by atomic mass is 10.2. The van der Waals surface area contributed by atoms with Crippen LogP contribution in [0, 0.1) is 0 Å². The van der Waals surface area contributed by atoms with E-state index >= 15 is 0 Å². The second-order valence-corrected chi connectivity index (χ2v) is 8.64. The number of aromatic nitrogens is 2. The Kier molecular flexibility index (Phi) is 4.21. The number of thiophene rings is 1. The van der Waals surface area contributed by atoms with Crippen molar-refractivity contribution >= 4 is 33.3 Å². The average molecular weight is 399 g/mol. The maximum Gasteiger partial charge on any atom is 0.263 e. The normalized spacial score (nSPS) is 14.7. The summed E-state index contributed by atoms with van der Waals surface area (Å²) in [5.41, 5.74) is 2.39. The zero-order valence-electron chi connectivity index (χ0n) is 14.7. The van der Waals surface area contributed by atoms with E-state index in [-0.39, 0.29) is 12.4 Å². The SMILES string of the molecule is C=CCn1c(SCc2ccc3c(c2)OCO3)nc2sc3c(c2c1=O)CCC3. The second-order valence-electron chi connectivity index (χ2n) is 6.61. The Hall–Kier alpha value is -2.25. The number of rotatable bonds is 5. The Morgan fingerprint density at radius 1 is 1.30 bits per heavy atom. The van der Waals surface area contributed by atoms with E-state index in [9.17, 15) is 4.79 Å². The predicted octanol–water partition coefficient (Wildman–Crippen LogP) is 4.15. The fraction of sp³-hybridized carbons (Fsp3) is 0.300. The number of nitrogens with zero attached hydrogens (tertiary/aromatic N) is 2. The lowest BCUT2D eigenvalue weighted by Gasteiger charge is -2.11. The highest BCUT2D eigenvalue weighted by atomic mass is 32.2. The van der Waals surface area contributed by atoms with Crippen molar-refractivity contribution in [3.63, 3.8) is 0 Å². The summed E-state index contributed by atoms with van der Waals surface area (Å²) in [6.45, 7) is 4.55. The Morgan fingerprint density at radius 2 is 2.19 bits per heavy atom. The molecular formula is C20H18N2O3S2. The fourth-order valence-electron chi connectivity index (χ4n) is 3.64. The molecule has 1 aromatic carbocycles. The third-order valence-electron chi connectivity index (χ3n) is 4.91. The molecule has 2 aromatic heterocycles. The van der Waals surface area contributed by atoms with Gasteiger partial charge in [-0.05, 0) is 42.5 Å². The van der Waals surface area contributed by atoms with Gasteiger partial charge in [0.15, 0.2) is 16.7 Å². The van der Waals surface area contributed by atoms with Crippen LogP contribution in [0.25, 0.3) is 10.2 Å². The molecule has 3 aromatic rings. The van der Waals surface area contributed by atoms with Gasteiger partial charge >= 0.3 is 0 Å². The largest absolute Gasteiger partial charge is 0.454 e. The molecule has 27 heavy (non-hydrogen) atoms. The standard InChI is InChI=1S/C20H18N2O3S2/c1-2-8-22-19(23)17-13-4-3-5-16(13)27-18(17)21-20(22)26-10-12-6-7-14-15(9-12)25-11-24-14/h2,6-7,9H,1,3-5,8,10-11H2. The van der Waals surface area contributed by atoms with Crippen molar-refractivity contribution in [3.05, 3.63) is 57.2 Å². The van der Waals surface area contributed by atoms with E-state index in [1.165, 1.54) is 10.4 Å². The molecule has 1 aliphatic carbocycles. The number of allylic oxidation sites excluding steroid dienone is 1. The topological polar surface area (TPSA) is 53.4 Å². The van der Waals surface area contributed by atoms with Gasteiger partial charge in [-0.2, -0.15) is 0 Å². The summed E-state index contributed by atoms with van der Waals surface area (Å²) >= 11 is 3.25. The molecule has 0 unspecified atom stereocenters. The molecule has 5 rings (SSSR count). The van der Waals surface area contributed by atoms with Crippen LogP contribution >= 0.6 is 23.1 Å². The molecule has 3 heterocycles. The van der Waals surface area contributed by atoms with E-state index in [4.69, 9.17) is 14.5 Å². The molecule has 0 saturated heterocycles. The van der Waals surface area contributed by atoms with Gasteiger partial charge in [0.1, 0.15) is 4.83 Å². The summed E-state index contributed by atoms with van der Waals surface area (Å²) in [6.07, 6.45) is 4.95. The van der Waals surface area contributed by atoms with Crippen LogP contribution in [0.3, 0.4) is 0 Å². The average Bonchev–Trinajstić information content (AvgIpc) is 3.37. The Bertz CT molecular complexity index is 1120. The molecule has 5 nitrogen and oxygen atoms in total. The number of thioether (sulfide) groups is 1. The Balaban J connectivity index is 1.51. The molecule has 0 radical (unpaired) electrons. The van der Waals surface area contributed by atoms with Crippen molar-refractivity contribution in [2.24, 2.45) is 0 Å². The van der Waals surface area contributed by atoms with Crippen LogP contribution < -0.4 is 15.0 Å². The zero-order valence-corrected chi connectivity index (χ0v) is 16.3. The maximum atomic E-state index is 13.2. The highest BCUT2D eigenvalue weighted by molar-refractivity contribution is 7.98. The van der Waals surface area contributed by atoms with Crippen molar-refractivity contribution in [1.82, 2.24) is 9.55 Å². The summed E-state index contributed by atoms with van der Waals surface area (Å²) < 4.78 is 12.6. The number of hydrogen-bond donors (Lipinski definition) is 0. The molecule has 1 aliphatic heterocycles. The maximum absolute atomic E-state index is 13.2. The number of ether oxygens (including phenoxy) is 2. The van der Waals surface area contributed by atoms with Crippen molar-refractivity contribution < 1.29 is 9.47 Å². The summed E-state index contributed by atoms with van der Waals surface area (Å²) in [5, 5.41) is 1.56. The summed E-state index contributed by atoms with van der Waals surface area (Å²) in [4.78, 5) is 20.2. The molecule has 0 fully saturated rings. The van der Waals surface area contributed by atoms with E-state index < -0.39 is 0 Å². The number of fused-ring (bicyclic) bond motifs is 4. The minimum atomic E-state index is 0.0625. The Morgan fingerprint density at radius 3 is 3.07 bits per heavy atom. The van der Waals surface area contributed by atoms with Crippen molar-refractivity contribution in [3.8, 4) is 11.5 Å². The second kappa shape index (κ2) is 6.73. The third kappa shape index (κ3) is 2.85. The van der Waals surface area contributed by atoms with Crippen LogP contribution in [-0.4, -0.2) is 16.3 Å². The fourth-order valence-corrected chi connectivity index (χ4v) is 5.89. The number of aryl methyl sites for hydroxylation is 2. The van der Waals surface area contributed by atoms with E-state index in [2.05, 4.69) is 6.58 Å². The van der Waals surface area contributed by atoms with Gasteiger partial charge in [-0.3, -0.25) is 9.36 Å². The first-order valence-corrected chi connectivity index (χ1v) is 10.7. The minimum absolute atomic E-state index is 0.0625. The molecule has 0 N–H and O–H groups in total. The van der Waals surface area contributed by atoms with E-state index in [0.717, 1.165) is 51.7 Å². The Labute approximate surface area is 164 Å². The minimum Gasteiger partial charge on any atom is -0.454 e.